The van der Waals surface area contributed by atoms with Gasteiger partial charge in [-0.3, -0.25) is 0 Å². The quantitative estimate of drug-likeness (QED) is 0.228. The summed E-state index contributed by atoms with van der Waals surface area (Å²) in [7, 11) is 0. The molecule has 3 N–H and O–H groups in total. The van der Waals surface area contributed by atoms with Gasteiger partial charge in [0.2, 0.25) is 0 Å². The number of rotatable bonds is 13. The molecular formula is C26H42N2. The van der Waals surface area contributed by atoms with Crippen molar-refractivity contribution in [1.29, 1.82) is 0 Å². The molecule has 156 valence electrons. The lowest BCUT2D eigenvalue weighted by atomic mass is 9.69. The molecule has 1 rings (SSSR count). The fourth-order valence-electron chi connectivity index (χ4n) is 4.26. The van der Waals surface area contributed by atoms with E-state index in [4.69, 9.17) is 12.2 Å². The highest BCUT2D eigenvalue weighted by atomic mass is 14.8. The Bertz CT molecular complexity index is 629. The van der Waals surface area contributed by atoms with Crippen LogP contribution in [0.15, 0.2) is 47.2 Å². The SMILES string of the molecule is C#CC/C(=C/CC)CC(C)C(C)(CCC)CCN/C=C\C1=C(CN)C=CC1C. The Labute approximate surface area is 174 Å². The van der Waals surface area contributed by atoms with E-state index in [1.165, 1.54) is 36.0 Å². The van der Waals surface area contributed by atoms with Crippen molar-refractivity contribution in [3.8, 4) is 12.3 Å². The first-order valence-corrected chi connectivity index (χ1v) is 11.0. The summed E-state index contributed by atoms with van der Waals surface area (Å²) in [5, 5.41) is 3.52. The highest BCUT2D eigenvalue weighted by Crippen LogP contribution is 2.39. The maximum Gasteiger partial charge on any atom is 0.0296 e. The molecule has 0 aromatic rings. The number of hydrogen-bond donors (Lipinski definition) is 2. The second-order valence-electron chi connectivity index (χ2n) is 8.53. The van der Waals surface area contributed by atoms with Gasteiger partial charge < -0.3 is 11.1 Å². The molecule has 0 heterocycles. The first-order chi connectivity index (χ1) is 13.4. The van der Waals surface area contributed by atoms with E-state index in [1.54, 1.807) is 0 Å². The van der Waals surface area contributed by atoms with Crippen molar-refractivity contribution in [1.82, 2.24) is 5.32 Å². The van der Waals surface area contributed by atoms with Gasteiger partial charge in [0.25, 0.3) is 0 Å². The number of nitrogens with one attached hydrogen (secondary N) is 1. The molecule has 0 saturated carbocycles. The van der Waals surface area contributed by atoms with E-state index in [2.05, 4.69) is 76.4 Å². The molecule has 28 heavy (non-hydrogen) atoms. The van der Waals surface area contributed by atoms with Gasteiger partial charge in [0, 0.05) is 19.5 Å². The van der Waals surface area contributed by atoms with Gasteiger partial charge in [0.15, 0.2) is 0 Å². The third-order valence-electron chi connectivity index (χ3n) is 6.29. The van der Waals surface area contributed by atoms with Crippen LogP contribution >= 0.6 is 0 Å². The zero-order chi connectivity index (χ0) is 21.0. The molecule has 0 aromatic heterocycles. The highest BCUT2D eigenvalue weighted by molar-refractivity contribution is 5.43. The largest absolute Gasteiger partial charge is 0.391 e. The summed E-state index contributed by atoms with van der Waals surface area (Å²) in [6.07, 6.45) is 23.2. The van der Waals surface area contributed by atoms with Crippen LogP contribution in [0, 0.1) is 29.6 Å². The van der Waals surface area contributed by atoms with Gasteiger partial charge in [-0.1, -0.05) is 64.8 Å². The Morgan fingerprint density at radius 3 is 2.75 bits per heavy atom. The molecule has 1 aliphatic rings. The third-order valence-corrected chi connectivity index (χ3v) is 6.29. The summed E-state index contributed by atoms with van der Waals surface area (Å²) in [6, 6.07) is 0. The van der Waals surface area contributed by atoms with Crippen LogP contribution < -0.4 is 11.1 Å². The molecule has 0 spiro atoms. The van der Waals surface area contributed by atoms with Gasteiger partial charge in [-0.25, -0.2) is 0 Å². The fourth-order valence-corrected chi connectivity index (χ4v) is 4.26. The van der Waals surface area contributed by atoms with Gasteiger partial charge in [0.05, 0.1) is 0 Å². The first kappa shape index (κ1) is 24.3. The van der Waals surface area contributed by atoms with E-state index in [0.717, 1.165) is 25.8 Å². The van der Waals surface area contributed by atoms with Crippen molar-refractivity contribution in [2.45, 2.75) is 73.1 Å². The normalized spacial score (nSPS) is 20.5. The monoisotopic (exact) mass is 382 g/mol. The van der Waals surface area contributed by atoms with Gasteiger partial charge in [-0.15, -0.1) is 12.3 Å². The van der Waals surface area contributed by atoms with Gasteiger partial charge in [-0.2, -0.15) is 0 Å². The smallest absolute Gasteiger partial charge is 0.0296 e. The van der Waals surface area contributed by atoms with E-state index in [9.17, 15) is 0 Å². The van der Waals surface area contributed by atoms with Crippen molar-refractivity contribution in [3.05, 3.63) is 47.2 Å². The van der Waals surface area contributed by atoms with E-state index in [1.807, 2.05) is 0 Å². The topological polar surface area (TPSA) is 38.0 Å². The van der Waals surface area contributed by atoms with Crippen LogP contribution in [0.5, 0.6) is 0 Å². The first-order valence-electron chi connectivity index (χ1n) is 11.0. The molecule has 2 nitrogen and oxygen atoms in total. The summed E-state index contributed by atoms with van der Waals surface area (Å²) in [6.45, 7) is 13.1. The zero-order valence-electron chi connectivity index (χ0n) is 18.9. The Morgan fingerprint density at radius 2 is 2.14 bits per heavy atom. The Balaban J connectivity index is 2.64. The molecule has 3 unspecified atom stereocenters. The number of hydrogen-bond acceptors (Lipinski definition) is 2. The average molecular weight is 383 g/mol. The van der Waals surface area contributed by atoms with E-state index < -0.39 is 0 Å². The summed E-state index contributed by atoms with van der Waals surface area (Å²) < 4.78 is 0. The molecule has 0 bridgehead atoms. The zero-order valence-corrected chi connectivity index (χ0v) is 18.9. The standard InChI is InChI=1S/C26H42N2/c1-7-10-23(11-8-2)19-22(5)26(6,15-9-3)16-18-28-17-14-25-21(4)12-13-24(25)20-27/h1,11-14,17,21-22,28H,8-10,15-16,18-20,27H2,2-6H3/b17-14-,23-11-. The summed E-state index contributed by atoms with van der Waals surface area (Å²) in [5.41, 5.74) is 10.2. The second-order valence-corrected chi connectivity index (χ2v) is 8.53. The number of terminal acetylenes is 1. The maximum atomic E-state index is 5.84. The Morgan fingerprint density at radius 1 is 1.39 bits per heavy atom. The van der Waals surface area contributed by atoms with Gasteiger partial charge >= 0.3 is 0 Å². The summed E-state index contributed by atoms with van der Waals surface area (Å²) >= 11 is 0. The van der Waals surface area contributed by atoms with E-state index in [-0.39, 0.29) is 0 Å². The van der Waals surface area contributed by atoms with Gasteiger partial charge in [-0.05, 0) is 66.4 Å². The molecule has 0 aliphatic heterocycles. The lowest BCUT2D eigenvalue weighted by molar-refractivity contribution is 0.164. The van der Waals surface area contributed by atoms with Crippen LogP contribution in [0.25, 0.3) is 0 Å². The Kier molecular flexibility index (Phi) is 11.0. The fraction of sp³-hybridized carbons (Fsp3) is 0.615. The number of nitrogens with two attached hydrogens (primary N) is 1. The maximum absolute atomic E-state index is 5.84. The minimum Gasteiger partial charge on any atom is -0.391 e. The van der Waals surface area contributed by atoms with E-state index >= 15 is 0 Å². The molecular weight excluding hydrogens is 340 g/mol. The van der Waals surface area contributed by atoms with Crippen LogP contribution in [0.2, 0.25) is 0 Å². The molecule has 1 aliphatic carbocycles. The molecule has 2 heteroatoms. The molecule has 3 atom stereocenters. The lowest BCUT2D eigenvalue weighted by Crippen LogP contribution is -2.29. The number of allylic oxidation sites excluding steroid dienone is 5. The summed E-state index contributed by atoms with van der Waals surface area (Å²) in [4.78, 5) is 0. The predicted octanol–water partition coefficient (Wildman–Crippen LogP) is 6.13. The minimum absolute atomic E-state index is 0.320. The summed E-state index contributed by atoms with van der Waals surface area (Å²) in [5.74, 6) is 3.91. The van der Waals surface area contributed by atoms with Crippen LogP contribution in [0.1, 0.15) is 73.1 Å². The lowest BCUT2D eigenvalue weighted by Gasteiger charge is -2.36. The molecule has 0 amide bonds. The van der Waals surface area contributed by atoms with Crippen LogP contribution in [-0.4, -0.2) is 13.1 Å². The van der Waals surface area contributed by atoms with Crippen molar-refractivity contribution in [2.24, 2.45) is 23.0 Å². The molecule has 0 radical (unpaired) electrons. The third kappa shape index (κ3) is 7.36. The van der Waals surface area contributed by atoms with Crippen molar-refractivity contribution >= 4 is 0 Å². The van der Waals surface area contributed by atoms with Gasteiger partial charge in [0.1, 0.15) is 0 Å². The highest BCUT2D eigenvalue weighted by Gasteiger charge is 2.30. The van der Waals surface area contributed by atoms with Crippen molar-refractivity contribution in [3.63, 3.8) is 0 Å². The van der Waals surface area contributed by atoms with Crippen LogP contribution in [-0.2, 0) is 0 Å². The van der Waals surface area contributed by atoms with Crippen LogP contribution in [0.3, 0.4) is 0 Å². The molecule has 0 aromatic carbocycles. The second kappa shape index (κ2) is 12.7. The minimum atomic E-state index is 0.320. The average Bonchev–Trinajstić information content (AvgIpc) is 3.02. The van der Waals surface area contributed by atoms with Crippen molar-refractivity contribution in [2.75, 3.05) is 13.1 Å². The van der Waals surface area contributed by atoms with Crippen molar-refractivity contribution < 1.29 is 0 Å². The molecule has 0 saturated heterocycles. The Hall–Kier alpha value is -1.72. The predicted molar refractivity (Wildman–Crippen MR) is 125 cm³/mol. The van der Waals surface area contributed by atoms with Crippen LogP contribution in [0.4, 0.5) is 0 Å². The van der Waals surface area contributed by atoms with E-state index in [0.29, 0.717) is 23.8 Å². The molecule has 0 fully saturated rings.